The molecule has 0 radical (unpaired) electrons. The van der Waals surface area contributed by atoms with Crippen LogP contribution < -0.4 is 0 Å². The van der Waals surface area contributed by atoms with Crippen molar-refractivity contribution in [2.24, 2.45) is 11.8 Å². The number of imide groups is 1. The molecule has 1 heterocycles. The van der Waals surface area contributed by atoms with E-state index in [1.807, 2.05) is 0 Å². The van der Waals surface area contributed by atoms with Crippen molar-refractivity contribution in [2.75, 3.05) is 6.54 Å². The summed E-state index contributed by atoms with van der Waals surface area (Å²) in [6, 6.07) is 0. The molecular weight excluding hydrogens is 214 g/mol. The molecule has 0 aromatic rings. The average molecular weight is 227 g/mol. The normalized spacial score (nSPS) is 30.7. The van der Waals surface area contributed by atoms with Gasteiger partial charge in [0, 0.05) is 11.8 Å². The monoisotopic (exact) mass is 227 g/mol. The van der Waals surface area contributed by atoms with E-state index in [1.165, 1.54) is 0 Å². The van der Waals surface area contributed by atoms with Crippen LogP contribution in [-0.4, -0.2) is 45.5 Å². The highest BCUT2D eigenvalue weighted by Gasteiger charge is 2.45. The number of β-amino-alcohol motifs (C(OH)–C–C–N with tert-alkyl or cyclic N) is 1. The molecule has 1 saturated carbocycles. The van der Waals surface area contributed by atoms with Crippen LogP contribution in [0.4, 0.5) is 0 Å². The van der Waals surface area contributed by atoms with Gasteiger partial charge < -0.3 is 10.2 Å². The van der Waals surface area contributed by atoms with E-state index in [1.54, 1.807) is 0 Å². The van der Waals surface area contributed by atoms with Crippen LogP contribution >= 0.6 is 0 Å². The molecule has 88 valence electrons. The Morgan fingerprint density at radius 2 is 1.81 bits per heavy atom. The van der Waals surface area contributed by atoms with Crippen molar-refractivity contribution in [3.05, 3.63) is 0 Å². The third-order valence-corrected chi connectivity index (χ3v) is 3.30. The molecule has 3 atom stereocenters. The predicted octanol–water partition coefficient (Wildman–Crippen LogP) is -0.783. The summed E-state index contributed by atoms with van der Waals surface area (Å²) < 4.78 is 0. The summed E-state index contributed by atoms with van der Waals surface area (Å²) >= 11 is 0. The van der Waals surface area contributed by atoms with Crippen molar-refractivity contribution in [3.8, 4) is 0 Å². The van der Waals surface area contributed by atoms with Gasteiger partial charge in [0.15, 0.2) is 6.10 Å². The van der Waals surface area contributed by atoms with Gasteiger partial charge in [0.1, 0.15) is 0 Å². The van der Waals surface area contributed by atoms with Gasteiger partial charge in [0.05, 0.1) is 6.54 Å². The third-order valence-electron chi connectivity index (χ3n) is 3.30. The van der Waals surface area contributed by atoms with Crippen LogP contribution in [0.2, 0.25) is 0 Å². The summed E-state index contributed by atoms with van der Waals surface area (Å²) in [5.74, 6) is -2.41. The zero-order chi connectivity index (χ0) is 11.9. The van der Waals surface area contributed by atoms with Gasteiger partial charge in [-0.15, -0.1) is 0 Å². The number of carbonyl (C=O) groups is 3. The zero-order valence-corrected chi connectivity index (χ0v) is 8.63. The number of likely N-dealkylation sites (tertiary alicyclic amines) is 1. The van der Waals surface area contributed by atoms with Gasteiger partial charge in [-0.1, -0.05) is 0 Å². The maximum Gasteiger partial charge on any atom is 0.334 e. The first-order chi connectivity index (χ1) is 7.50. The standard InChI is InChI=1S/C10H13NO5/c12-7(10(15)16)4-11-8(13)5-1-2-6(3-5)9(11)14/h5-7,12H,1-4H2,(H,15,16). The molecule has 16 heavy (non-hydrogen) atoms. The number of aliphatic hydroxyl groups is 1. The molecule has 2 fully saturated rings. The minimum absolute atomic E-state index is 0.163. The van der Waals surface area contributed by atoms with Crippen molar-refractivity contribution in [2.45, 2.75) is 25.4 Å². The average Bonchev–Trinajstić information content (AvgIpc) is 2.68. The molecule has 0 aromatic carbocycles. The minimum atomic E-state index is -1.69. The van der Waals surface area contributed by atoms with Gasteiger partial charge in [-0.3, -0.25) is 14.5 Å². The van der Waals surface area contributed by atoms with Crippen LogP contribution in [0.5, 0.6) is 0 Å². The lowest BCUT2D eigenvalue weighted by molar-refractivity contribution is -0.158. The fraction of sp³-hybridized carbons (Fsp3) is 0.700. The summed E-state index contributed by atoms with van der Waals surface area (Å²) in [6.45, 7) is -0.431. The van der Waals surface area contributed by atoms with Crippen LogP contribution in [0.1, 0.15) is 19.3 Å². The second-order valence-corrected chi connectivity index (χ2v) is 4.35. The number of amides is 2. The Balaban J connectivity index is 2.11. The lowest BCUT2D eigenvalue weighted by Crippen LogP contribution is -2.50. The molecule has 0 aromatic heterocycles. The number of carbonyl (C=O) groups excluding carboxylic acids is 2. The Bertz CT molecular complexity index is 331. The van der Waals surface area contributed by atoms with Crippen LogP contribution in [0.15, 0.2) is 0 Å². The molecule has 2 bridgehead atoms. The smallest absolute Gasteiger partial charge is 0.334 e. The fourth-order valence-electron chi connectivity index (χ4n) is 2.41. The topological polar surface area (TPSA) is 94.9 Å². The molecule has 6 nitrogen and oxygen atoms in total. The van der Waals surface area contributed by atoms with Crippen molar-refractivity contribution >= 4 is 17.8 Å². The highest BCUT2D eigenvalue weighted by atomic mass is 16.4. The Labute approximate surface area is 91.8 Å². The molecular formula is C10H13NO5. The molecule has 0 spiro atoms. The molecule has 2 aliphatic rings. The molecule has 1 saturated heterocycles. The molecule has 2 amide bonds. The minimum Gasteiger partial charge on any atom is -0.479 e. The van der Waals surface area contributed by atoms with E-state index >= 15 is 0 Å². The number of hydrogen-bond donors (Lipinski definition) is 2. The number of carboxylic acid groups (broad SMARTS) is 1. The number of aliphatic hydroxyl groups excluding tert-OH is 1. The Morgan fingerprint density at radius 1 is 1.31 bits per heavy atom. The van der Waals surface area contributed by atoms with Crippen molar-refractivity contribution in [1.29, 1.82) is 0 Å². The van der Waals surface area contributed by atoms with Crippen molar-refractivity contribution < 1.29 is 24.6 Å². The SMILES string of the molecule is O=C(O)C(O)CN1C(=O)C2CCC(C2)C1=O. The molecule has 2 rings (SSSR count). The van der Waals surface area contributed by atoms with E-state index in [2.05, 4.69) is 0 Å². The summed E-state index contributed by atoms with van der Waals surface area (Å²) in [6.07, 6.45) is 0.270. The fourth-order valence-corrected chi connectivity index (χ4v) is 2.41. The van der Waals surface area contributed by atoms with Crippen molar-refractivity contribution in [3.63, 3.8) is 0 Å². The largest absolute Gasteiger partial charge is 0.479 e. The van der Waals surface area contributed by atoms with E-state index in [4.69, 9.17) is 10.2 Å². The molecule has 2 N–H and O–H groups in total. The summed E-state index contributed by atoms with van der Waals surface area (Å²) in [7, 11) is 0. The summed E-state index contributed by atoms with van der Waals surface area (Å²) in [5.41, 5.74) is 0. The first kappa shape index (κ1) is 11.1. The molecule has 3 unspecified atom stereocenters. The number of nitrogens with zero attached hydrogens (tertiary/aromatic N) is 1. The number of carboxylic acids is 1. The van der Waals surface area contributed by atoms with Gasteiger partial charge in [0.25, 0.3) is 0 Å². The maximum absolute atomic E-state index is 11.8. The van der Waals surface area contributed by atoms with Gasteiger partial charge >= 0.3 is 5.97 Å². The molecule has 1 aliphatic carbocycles. The van der Waals surface area contributed by atoms with Crippen LogP contribution in [-0.2, 0) is 14.4 Å². The zero-order valence-electron chi connectivity index (χ0n) is 8.63. The Morgan fingerprint density at radius 3 is 2.25 bits per heavy atom. The number of rotatable bonds is 3. The maximum atomic E-state index is 11.8. The van der Waals surface area contributed by atoms with Crippen molar-refractivity contribution in [1.82, 2.24) is 4.90 Å². The van der Waals surface area contributed by atoms with Gasteiger partial charge in [-0.25, -0.2) is 4.79 Å². The lowest BCUT2D eigenvalue weighted by atomic mass is 9.97. The van der Waals surface area contributed by atoms with Crippen LogP contribution in [0.25, 0.3) is 0 Å². The highest BCUT2D eigenvalue weighted by Crippen LogP contribution is 2.38. The van der Waals surface area contributed by atoms with E-state index in [-0.39, 0.29) is 23.7 Å². The number of hydrogen-bond acceptors (Lipinski definition) is 4. The Kier molecular flexibility index (Phi) is 2.67. The van der Waals surface area contributed by atoms with Gasteiger partial charge in [-0.2, -0.15) is 0 Å². The third kappa shape index (κ3) is 1.69. The lowest BCUT2D eigenvalue weighted by Gasteiger charge is -2.30. The first-order valence-electron chi connectivity index (χ1n) is 5.26. The van der Waals surface area contributed by atoms with Gasteiger partial charge in [-0.05, 0) is 19.3 Å². The van der Waals surface area contributed by atoms with Crippen LogP contribution in [0.3, 0.4) is 0 Å². The number of fused-ring (bicyclic) bond motifs is 2. The highest BCUT2D eigenvalue weighted by molar-refractivity contribution is 6.01. The second kappa shape index (κ2) is 3.86. The van der Waals surface area contributed by atoms with E-state index in [0.717, 1.165) is 4.90 Å². The number of piperidine rings is 1. The number of aliphatic carboxylic acids is 1. The summed E-state index contributed by atoms with van der Waals surface area (Å²) in [4.78, 5) is 34.9. The second-order valence-electron chi connectivity index (χ2n) is 4.35. The van der Waals surface area contributed by atoms with Gasteiger partial charge in [0.2, 0.25) is 11.8 Å². The summed E-state index contributed by atoms with van der Waals surface area (Å²) in [5, 5.41) is 17.7. The Hall–Kier alpha value is -1.43. The molecule has 1 aliphatic heterocycles. The van der Waals surface area contributed by atoms with E-state index in [9.17, 15) is 14.4 Å². The van der Waals surface area contributed by atoms with E-state index < -0.39 is 18.6 Å². The van der Waals surface area contributed by atoms with E-state index in [0.29, 0.717) is 19.3 Å². The van der Waals surface area contributed by atoms with Crippen LogP contribution in [0, 0.1) is 11.8 Å². The predicted molar refractivity (Wildman–Crippen MR) is 51.2 cm³/mol. The quantitative estimate of drug-likeness (QED) is 0.616. The first-order valence-corrected chi connectivity index (χ1v) is 5.26. The molecule has 6 heteroatoms.